The third-order valence-corrected chi connectivity index (χ3v) is 4.01. The van der Waals surface area contributed by atoms with Gasteiger partial charge in [-0.25, -0.2) is 4.79 Å². The minimum atomic E-state index is -0.970. The molecule has 0 unspecified atom stereocenters. The Bertz CT molecular complexity index is 852. The van der Waals surface area contributed by atoms with E-state index >= 15 is 0 Å². The van der Waals surface area contributed by atoms with Gasteiger partial charge in [-0.2, -0.15) is 0 Å². The summed E-state index contributed by atoms with van der Waals surface area (Å²) in [7, 11) is 1.49. The topological polar surface area (TPSA) is 46.5 Å². The van der Waals surface area contributed by atoms with E-state index in [1.54, 1.807) is 6.07 Å². The van der Waals surface area contributed by atoms with Crippen LogP contribution in [-0.2, 0) is 12.8 Å². The summed E-state index contributed by atoms with van der Waals surface area (Å²) in [6, 6.07) is 20.1. The fourth-order valence-electron chi connectivity index (χ4n) is 2.75. The second kappa shape index (κ2) is 6.53. The fraction of sp³-hybridized carbons (Fsp3) is 0.150. The minimum absolute atomic E-state index is 0.196. The van der Waals surface area contributed by atoms with Gasteiger partial charge in [0.1, 0.15) is 11.3 Å². The van der Waals surface area contributed by atoms with Crippen molar-refractivity contribution in [2.75, 3.05) is 7.11 Å². The van der Waals surface area contributed by atoms with Crippen LogP contribution in [0.5, 0.6) is 5.75 Å². The quantitative estimate of drug-likeness (QED) is 0.763. The molecule has 0 atom stereocenters. The predicted octanol–water partition coefficient (Wildman–Crippen LogP) is 4.33. The number of ether oxygens (including phenoxy) is 1. The molecule has 3 heteroatoms. The summed E-state index contributed by atoms with van der Waals surface area (Å²) in [4.78, 5) is 11.1. The van der Waals surface area contributed by atoms with Gasteiger partial charge < -0.3 is 9.84 Å². The van der Waals surface area contributed by atoms with Crippen LogP contribution >= 0.6 is 0 Å². The van der Waals surface area contributed by atoms with Crippen molar-refractivity contribution in [2.45, 2.75) is 12.8 Å². The van der Waals surface area contributed by atoms with Crippen molar-refractivity contribution >= 4 is 16.7 Å². The molecule has 3 rings (SSSR count). The van der Waals surface area contributed by atoms with E-state index in [0.29, 0.717) is 5.75 Å². The Balaban J connectivity index is 1.77. The summed E-state index contributed by atoms with van der Waals surface area (Å²) >= 11 is 0. The lowest BCUT2D eigenvalue weighted by atomic mass is 10.00. The van der Waals surface area contributed by atoms with Crippen molar-refractivity contribution in [3.63, 3.8) is 0 Å². The molecular weight excluding hydrogens is 288 g/mol. The molecule has 1 N–H and O–H groups in total. The molecule has 3 aromatic carbocycles. The van der Waals surface area contributed by atoms with Gasteiger partial charge in [0.15, 0.2) is 0 Å². The molecule has 116 valence electrons. The summed E-state index contributed by atoms with van der Waals surface area (Å²) in [5.74, 6) is -0.559. The zero-order valence-corrected chi connectivity index (χ0v) is 13.0. The van der Waals surface area contributed by atoms with Crippen LogP contribution in [0.4, 0.5) is 0 Å². The van der Waals surface area contributed by atoms with Crippen LogP contribution in [0.2, 0.25) is 0 Å². The maximum Gasteiger partial charge on any atom is 0.339 e. The Morgan fingerprint density at radius 2 is 1.57 bits per heavy atom. The maximum absolute atomic E-state index is 11.1. The maximum atomic E-state index is 11.1. The number of carboxylic acid groups (broad SMARTS) is 1. The Labute approximate surface area is 135 Å². The van der Waals surface area contributed by atoms with E-state index in [9.17, 15) is 4.79 Å². The lowest BCUT2D eigenvalue weighted by molar-refractivity contribution is 0.0693. The van der Waals surface area contributed by atoms with E-state index in [-0.39, 0.29) is 5.56 Å². The third-order valence-electron chi connectivity index (χ3n) is 4.01. The van der Waals surface area contributed by atoms with E-state index in [1.807, 2.05) is 24.3 Å². The van der Waals surface area contributed by atoms with Crippen LogP contribution in [0, 0.1) is 0 Å². The van der Waals surface area contributed by atoms with E-state index in [0.717, 1.165) is 18.4 Å². The summed E-state index contributed by atoms with van der Waals surface area (Å²) in [5, 5.41) is 11.6. The highest BCUT2D eigenvalue weighted by Gasteiger charge is 2.11. The van der Waals surface area contributed by atoms with Crippen LogP contribution in [0.25, 0.3) is 10.8 Å². The molecule has 0 aliphatic heterocycles. The van der Waals surface area contributed by atoms with Crippen LogP contribution in [0.1, 0.15) is 21.5 Å². The summed E-state index contributed by atoms with van der Waals surface area (Å²) in [6.45, 7) is 0. The molecule has 0 spiro atoms. The molecule has 0 aromatic heterocycles. The van der Waals surface area contributed by atoms with Crippen molar-refractivity contribution in [3.8, 4) is 5.75 Å². The highest BCUT2D eigenvalue weighted by atomic mass is 16.5. The Kier molecular flexibility index (Phi) is 4.29. The first kappa shape index (κ1) is 15.1. The standard InChI is InChI=1S/C20H18O3/c1-23-19-13-15(9-11-18(19)20(21)22)7-6-14-8-10-16-4-2-3-5-17(16)12-14/h2-5,8-13H,6-7H2,1H3,(H,21,22). The van der Waals surface area contributed by atoms with Crippen molar-refractivity contribution in [2.24, 2.45) is 0 Å². The van der Waals surface area contributed by atoms with Gasteiger partial charge in [0.2, 0.25) is 0 Å². The van der Waals surface area contributed by atoms with Gasteiger partial charge in [0.25, 0.3) is 0 Å². The van der Waals surface area contributed by atoms with E-state index < -0.39 is 5.97 Å². The number of rotatable bonds is 5. The summed E-state index contributed by atoms with van der Waals surface area (Å²) in [6.07, 6.45) is 1.75. The monoisotopic (exact) mass is 306 g/mol. The number of hydrogen-bond donors (Lipinski definition) is 1. The first-order valence-electron chi connectivity index (χ1n) is 7.55. The zero-order valence-electron chi connectivity index (χ0n) is 13.0. The van der Waals surface area contributed by atoms with Crippen molar-refractivity contribution in [3.05, 3.63) is 77.4 Å². The average Bonchev–Trinajstić information content (AvgIpc) is 2.59. The molecule has 0 fully saturated rings. The lowest BCUT2D eigenvalue weighted by Gasteiger charge is -2.08. The van der Waals surface area contributed by atoms with Crippen LogP contribution < -0.4 is 4.74 Å². The molecule has 0 saturated heterocycles. The Hall–Kier alpha value is -2.81. The smallest absolute Gasteiger partial charge is 0.339 e. The largest absolute Gasteiger partial charge is 0.496 e. The average molecular weight is 306 g/mol. The number of aromatic carboxylic acids is 1. The van der Waals surface area contributed by atoms with Crippen LogP contribution in [0.3, 0.4) is 0 Å². The number of benzene rings is 3. The van der Waals surface area contributed by atoms with Gasteiger partial charge in [-0.15, -0.1) is 0 Å². The first-order valence-corrected chi connectivity index (χ1v) is 7.55. The molecule has 0 heterocycles. The molecule has 0 saturated carbocycles. The van der Waals surface area contributed by atoms with Gasteiger partial charge in [-0.3, -0.25) is 0 Å². The molecule has 0 radical (unpaired) electrons. The lowest BCUT2D eigenvalue weighted by Crippen LogP contribution is -2.01. The molecule has 3 nitrogen and oxygen atoms in total. The summed E-state index contributed by atoms with van der Waals surface area (Å²) in [5.41, 5.74) is 2.53. The number of methoxy groups -OCH3 is 1. The predicted molar refractivity (Wildman–Crippen MR) is 91.3 cm³/mol. The zero-order chi connectivity index (χ0) is 16.2. The second-order valence-electron chi connectivity index (χ2n) is 5.52. The van der Waals surface area contributed by atoms with Crippen molar-refractivity contribution < 1.29 is 14.6 Å². The second-order valence-corrected chi connectivity index (χ2v) is 5.52. The number of aryl methyl sites for hydroxylation is 2. The van der Waals surface area contributed by atoms with Gasteiger partial charge in [-0.05, 0) is 46.9 Å². The molecule has 0 bridgehead atoms. The van der Waals surface area contributed by atoms with Crippen molar-refractivity contribution in [1.29, 1.82) is 0 Å². The van der Waals surface area contributed by atoms with E-state index in [2.05, 4.69) is 30.3 Å². The van der Waals surface area contributed by atoms with Gasteiger partial charge >= 0.3 is 5.97 Å². The molecule has 0 aliphatic rings. The van der Waals surface area contributed by atoms with Gasteiger partial charge in [-0.1, -0.05) is 48.5 Å². The van der Waals surface area contributed by atoms with E-state index in [1.165, 1.54) is 23.4 Å². The highest BCUT2D eigenvalue weighted by Crippen LogP contribution is 2.22. The molecular formula is C20H18O3. The van der Waals surface area contributed by atoms with Crippen LogP contribution in [-0.4, -0.2) is 18.2 Å². The molecule has 3 aromatic rings. The minimum Gasteiger partial charge on any atom is -0.496 e. The number of fused-ring (bicyclic) bond motifs is 1. The first-order chi connectivity index (χ1) is 11.2. The highest BCUT2D eigenvalue weighted by molar-refractivity contribution is 5.91. The fourth-order valence-corrected chi connectivity index (χ4v) is 2.75. The molecule has 23 heavy (non-hydrogen) atoms. The number of carbonyl (C=O) groups is 1. The van der Waals surface area contributed by atoms with Gasteiger partial charge in [0, 0.05) is 0 Å². The Morgan fingerprint density at radius 3 is 2.26 bits per heavy atom. The number of carboxylic acids is 1. The van der Waals surface area contributed by atoms with Crippen molar-refractivity contribution in [1.82, 2.24) is 0 Å². The molecule has 0 aliphatic carbocycles. The van der Waals surface area contributed by atoms with Gasteiger partial charge in [0.05, 0.1) is 7.11 Å². The Morgan fingerprint density at radius 1 is 0.913 bits per heavy atom. The SMILES string of the molecule is COc1cc(CCc2ccc3ccccc3c2)ccc1C(=O)O. The summed E-state index contributed by atoms with van der Waals surface area (Å²) < 4.78 is 5.18. The third kappa shape index (κ3) is 3.34. The number of hydrogen-bond acceptors (Lipinski definition) is 2. The van der Waals surface area contributed by atoms with E-state index in [4.69, 9.17) is 9.84 Å². The van der Waals surface area contributed by atoms with Crippen LogP contribution in [0.15, 0.2) is 60.7 Å². The normalized spacial score (nSPS) is 10.7. The molecule has 0 amide bonds.